The van der Waals surface area contributed by atoms with Gasteiger partial charge in [0.25, 0.3) is 0 Å². The molecule has 6 nitrogen and oxygen atoms in total. The standard InChI is InChI=1S/C16H22BrN3O3/c1-15(19,11-2-4-12(17)5-3-11)14(22)20-10-16(13(18)21)6-8-23-9-7-16/h2-5H,6-10,19H2,1H3,(H2,18,21)(H,20,22). The lowest BCUT2D eigenvalue weighted by atomic mass is 9.79. The van der Waals surface area contributed by atoms with Gasteiger partial charge >= 0.3 is 0 Å². The van der Waals surface area contributed by atoms with E-state index in [0.717, 1.165) is 4.47 Å². The number of nitrogens with one attached hydrogen (secondary N) is 1. The molecule has 1 fully saturated rings. The van der Waals surface area contributed by atoms with Crippen LogP contribution in [0.5, 0.6) is 0 Å². The van der Waals surface area contributed by atoms with Gasteiger partial charge in [0.2, 0.25) is 11.8 Å². The molecule has 0 aliphatic carbocycles. The van der Waals surface area contributed by atoms with Crippen molar-refractivity contribution in [3.63, 3.8) is 0 Å². The minimum absolute atomic E-state index is 0.174. The summed E-state index contributed by atoms with van der Waals surface area (Å²) in [5.41, 5.74) is 10.5. The second-order valence-electron chi connectivity index (χ2n) is 6.15. The molecule has 5 N–H and O–H groups in total. The lowest BCUT2D eigenvalue weighted by molar-refractivity contribution is -0.134. The molecule has 7 heteroatoms. The van der Waals surface area contributed by atoms with E-state index in [1.807, 2.05) is 12.1 Å². The minimum Gasteiger partial charge on any atom is -0.381 e. The molecular formula is C16H22BrN3O3. The summed E-state index contributed by atoms with van der Waals surface area (Å²) < 4.78 is 6.19. The number of nitrogens with two attached hydrogens (primary N) is 2. The number of halogens is 1. The predicted octanol–water partition coefficient (Wildman–Crippen LogP) is 1.02. The average Bonchev–Trinajstić information content (AvgIpc) is 2.53. The highest BCUT2D eigenvalue weighted by Gasteiger charge is 2.40. The molecule has 0 saturated carbocycles. The number of rotatable bonds is 5. The summed E-state index contributed by atoms with van der Waals surface area (Å²) in [6.07, 6.45) is 1.00. The number of primary amides is 1. The molecule has 0 radical (unpaired) electrons. The lowest BCUT2D eigenvalue weighted by Gasteiger charge is -2.35. The summed E-state index contributed by atoms with van der Waals surface area (Å²) in [6.45, 7) is 2.75. The van der Waals surface area contributed by atoms with Crippen molar-refractivity contribution in [3.05, 3.63) is 34.3 Å². The van der Waals surface area contributed by atoms with Gasteiger partial charge in [0, 0.05) is 24.2 Å². The molecule has 2 rings (SSSR count). The number of hydrogen-bond acceptors (Lipinski definition) is 4. The Morgan fingerprint density at radius 3 is 2.39 bits per heavy atom. The molecule has 1 unspecified atom stereocenters. The van der Waals surface area contributed by atoms with Gasteiger partial charge in [-0.2, -0.15) is 0 Å². The highest BCUT2D eigenvalue weighted by molar-refractivity contribution is 9.10. The molecule has 126 valence electrons. The van der Waals surface area contributed by atoms with Crippen molar-refractivity contribution in [1.82, 2.24) is 5.32 Å². The van der Waals surface area contributed by atoms with E-state index in [1.165, 1.54) is 0 Å². The summed E-state index contributed by atoms with van der Waals surface area (Å²) in [4.78, 5) is 24.4. The number of hydrogen-bond donors (Lipinski definition) is 3. The smallest absolute Gasteiger partial charge is 0.244 e. The van der Waals surface area contributed by atoms with Crippen molar-refractivity contribution >= 4 is 27.7 Å². The van der Waals surface area contributed by atoms with E-state index in [1.54, 1.807) is 19.1 Å². The Morgan fingerprint density at radius 2 is 1.87 bits per heavy atom. The SMILES string of the molecule is CC(N)(C(=O)NCC1(C(N)=O)CCOCC1)c1ccc(Br)cc1. The molecule has 1 aromatic carbocycles. The molecule has 0 aromatic heterocycles. The molecule has 1 saturated heterocycles. The quantitative estimate of drug-likeness (QED) is 0.705. The first kappa shape index (κ1) is 17.9. The fourth-order valence-corrected chi connectivity index (χ4v) is 2.90. The molecule has 1 heterocycles. The maximum atomic E-state index is 12.5. The van der Waals surface area contributed by atoms with Gasteiger partial charge < -0.3 is 21.5 Å². The maximum absolute atomic E-state index is 12.5. The summed E-state index contributed by atoms with van der Waals surface area (Å²) in [5.74, 6) is -0.754. The zero-order chi connectivity index (χ0) is 17.1. The molecule has 1 aromatic rings. The molecule has 1 aliphatic heterocycles. The normalized spacial score (nSPS) is 19.6. The fraction of sp³-hybridized carbons (Fsp3) is 0.500. The van der Waals surface area contributed by atoms with Crippen LogP contribution in [0.2, 0.25) is 0 Å². The summed E-state index contributed by atoms with van der Waals surface area (Å²) in [6, 6.07) is 7.25. The van der Waals surface area contributed by atoms with Crippen LogP contribution in [0.3, 0.4) is 0 Å². The van der Waals surface area contributed by atoms with E-state index >= 15 is 0 Å². The molecule has 0 bridgehead atoms. The van der Waals surface area contributed by atoms with Gasteiger partial charge in [-0.1, -0.05) is 28.1 Å². The molecular weight excluding hydrogens is 362 g/mol. The third-order valence-electron chi connectivity index (χ3n) is 4.48. The van der Waals surface area contributed by atoms with Crippen LogP contribution in [0.1, 0.15) is 25.3 Å². The highest BCUT2D eigenvalue weighted by atomic mass is 79.9. The first-order chi connectivity index (χ1) is 10.8. The molecule has 1 aliphatic rings. The van der Waals surface area contributed by atoms with Gasteiger partial charge in [0.1, 0.15) is 5.54 Å². The van der Waals surface area contributed by atoms with E-state index in [2.05, 4.69) is 21.2 Å². The Balaban J connectivity index is 2.08. The van der Waals surface area contributed by atoms with Gasteiger partial charge in [-0.25, -0.2) is 0 Å². The van der Waals surface area contributed by atoms with Gasteiger partial charge in [0.05, 0.1) is 5.41 Å². The van der Waals surface area contributed by atoms with Crippen LogP contribution in [0, 0.1) is 5.41 Å². The average molecular weight is 384 g/mol. The zero-order valence-corrected chi connectivity index (χ0v) is 14.7. The van der Waals surface area contributed by atoms with Crippen molar-refractivity contribution in [3.8, 4) is 0 Å². The van der Waals surface area contributed by atoms with E-state index in [4.69, 9.17) is 16.2 Å². The monoisotopic (exact) mass is 383 g/mol. The Kier molecular flexibility index (Phi) is 5.44. The first-order valence-corrected chi connectivity index (χ1v) is 8.28. The van der Waals surface area contributed by atoms with Gasteiger partial charge in [-0.3, -0.25) is 9.59 Å². The van der Waals surface area contributed by atoms with Crippen LogP contribution >= 0.6 is 15.9 Å². The highest BCUT2D eigenvalue weighted by Crippen LogP contribution is 2.30. The van der Waals surface area contributed by atoms with E-state index < -0.39 is 16.9 Å². The second-order valence-corrected chi connectivity index (χ2v) is 7.06. The third kappa shape index (κ3) is 3.91. The Bertz CT molecular complexity index is 581. The second kappa shape index (κ2) is 6.98. The Morgan fingerprint density at radius 1 is 1.30 bits per heavy atom. The zero-order valence-electron chi connectivity index (χ0n) is 13.1. The third-order valence-corrected chi connectivity index (χ3v) is 5.00. The van der Waals surface area contributed by atoms with Crippen LogP contribution in [0.4, 0.5) is 0 Å². The van der Waals surface area contributed by atoms with Gasteiger partial charge in [-0.05, 0) is 37.5 Å². The summed E-state index contributed by atoms with van der Waals surface area (Å²) >= 11 is 3.35. The number of carbonyl (C=O) groups is 2. The number of amides is 2. The van der Waals surface area contributed by atoms with Crippen LogP contribution in [0.25, 0.3) is 0 Å². The number of carbonyl (C=O) groups excluding carboxylic acids is 2. The Labute approximate surface area is 144 Å². The van der Waals surface area contributed by atoms with E-state index in [0.29, 0.717) is 31.6 Å². The van der Waals surface area contributed by atoms with E-state index in [9.17, 15) is 9.59 Å². The van der Waals surface area contributed by atoms with Crippen LogP contribution < -0.4 is 16.8 Å². The molecule has 2 amide bonds. The topological polar surface area (TPSA) is 107 Å². The van der Waals surface area contributed by atoms with Crippen molar-refractivity contribution in [2.24, 2.45) is 16.9 Å². The minimum atomic E-state index is -1.19. The van der Waals surface area contributed by atoms with Crippen molar-refractivity contribution < 1.29 is 14.3 Å². The predicted molar refractivity (Wildman–Crippen MR) is 90.4 cm³/mol. The van der Waals surface area contributed by atoms with Crippen molar-refractivity contribution in [2.75, 3.05) is 19.8 Å². The Hall–Kier alpha value is -1.44. The van der Waals surface area contributed by atoms with Crippen LogP contribution in [-0.4, -0.2) is 31.6 Å². The van der Waals surface area contributed by atoms with Crippen LogP contribution in [0.15, 0.2) is 28.7 Å². The maximum Gasteiger partial charge on any atom is 0.244 e. The van der Waals surface area contributed by atoms with Crippen molar-refractivity contribution in [2.45, 2.75) is 25.3 Å². The van der Waals surface area contributed by atoms with Crippen molar-refractivity contribution in [1.29, 1.82) is 0 Å². The number of ether oxygens (including phenoxy) is 1. The molecule has 23 heavy (non-hydrogen) atoms. The number of benzene rings is 1. The van der Waals surface area contributed by atoms with E-state index in [-0.39, 0.29) is 12.5 Å². The van der Waals surface area contributed by atoms with Gasteiger partial charge in [-0.15, -0.1) is 0 Å². The summed E-state index contributed by atoms with van der Waals surface area (Å²) in [7, 11) is 0. The van der Waals surface area contributed by atoms with Crippen LogP contribution in [-0.2, 0) is 19.9 Å². The first-order valence-electron chi connectivity index (χ1n) is 7.49. The summed E-state index contributed by atoms with van der Waals surface area (Å²) in [5, 5.41) is 2.80. The fourth-order valence-electron chi connectivity index (χ4n) is 2.63. The van der Waals surface area contributed by atoms with Gasteiger partial charge in [0.15, 0.2) is 0 Å². The lowest BCUT2D eigenvalue weighted by Crippen LogP contribution is -2.55. The largest absolute Gasteiger partial charge is 0.381 e. The molecule has 1 atom stereocenters. The molecule has 0 spiro atoms.